The van der Waals surface area contributed by atoms with E-state index in [-0.39, 0.29) is 0 Å². The van der Waals surface area contributed by atoms with Crippen molar-refractivity contribution in [1.29, 1.82) is 0 Å². The van der Waals surface area contributed by atoms with E-state index in [4.69, 9.17) is 20.9 Å². The molecule has 0 radical (unpaired) electrons. The molecule has 5 rings (SSSR count). The van der Waals surface area contributed by atoms with Gasteiger partial charge in [-0.2, -0.15) is 0 Å². The summed E-state index contributed by atoms with van der Waals surface area (Å²) in [7, 11) is 0. The van der Waals surface area contributed by atoms with Gasteiger partial charge in [0, 0.05) is 23.5 Å². The Morgan fingerprint density at radius 3 is 1.32 bits per heavy atom. The van der Waals surface area contributed by atoms with Gasteiger partial charge in [0.2, 0.25) is 0 Å². The van der Waals surface area contributed by atoms with Crippen molar-refractivity contribution in [3.05, 3.63) is 143 Å². The summed E-state index contributed by atoms with van der Waals surface area (Å²) < 4.78 is 12.1. The summed E-state index contributed by atoms with van der Waals surface area (Å²) in [6, 6.07) is 36.7. The molecule has 0 spiro atoms. The first-order valence-electron chi connectivity index (χ1n) is 12.7. The average molecular weight is 501 g/mol. The second kappa shape index (κ2) is 11.1. The minimum atomic E-state index is 0.694. The smallest absolute Gasteiger partial charge is 0.132 e. The van der Waals surface area contributed by atoms with Crippen LogP contribution in [0.1, 0.15) is 33.4 Å². The van der Waals surface area contributed by atoms with Crippen molar-refractivity contribution in [3.63, 3.8) is 0 Å². The Labute approximate surface area is 224 Å². The van der Waals surface area contributed by atoms with Gasteiger partial charge in [-0.3, -0.25) is 0 Å². The van der Waals surface area contributed by atoms with Crippen LogP contribution in [0.15, 0.2) is 109 Å². The summed E-state index contributed by atoms with van der Waals surface area (Å²) in [5, 5.41) is 0. The molecule has 0 saturated carbocycles. The Kier molecular flexibility index (Phi) is 7.32. The van der Waals surface area contributed by atoms with Gasteiger partial charge in [0.15, 0.2) is 0 Å². The average Bonchev–Trinajstić information content (AvgIpc) is 2.91. The van der Waals surface area contributed by atoms with E-state index < -0.39 is 0 Å². The van der Waals surface area contributed by atoms with E-state index in [1.54, 1.807) is 0 Å². The quantitative estimate of drug-likeness (QED) is 0.211. The fraction of sp³-hybridized carbons (Fsp3) is 0.118. The van der Waals surface area contributed by atoms with Crippen molar-refractivity contribution in [1.82, 2.24) is 0 Å². The van der Waals surface area contributed by atoms with Crippen molar-refractivity contribution < 1.29 is 9.47 Å². The highest BCUT2D eigenvalue weighted by atomic mass is 16.5. The number of aryl methyl sites for hydroxylation is 2. The zero-order chi connectivity index (χ0) is 26.5. The molecule has 0 aromatic heterocycles. The molecular weight excluding hydrogens is 468 g/mol. The molecule has 0 heterocycles. The minimum Gasteiger partial charge on any atom is -0.457 e. The summed E-state index contributed by atoms with van der Waals surface area (Å²) in [5.74, 6) is 3.17. The highest BCUT2D eigenvalue weighted by Gasteiger charge is 2.06. The molecule has 0 aliphatic rings. The maximum atomic E-state index is 6.04. The lowest BCUT2D eigenvalue weighted by Gasteiger charge is -2.11. The molecule has 5 aromatic carbocycles. The topological polar surface area (TPSA) is 70.5 Å². The lowest BCUT2D eigenvalue weighted by Crippen LogP contribution is -1.94. The number of rotatable bonds is 8. The van der Waals surface area contributed by atoms with Gasteiger partial charge in [0.25, 0.3) is 0 Å². The molecule has 0 bridgehead atoms. The first-order chi connectivity index (χ1) is 18.4. The number of benzene rings is 5. The van der Waals surface area contributed by atoms with Crippen LogP contribution in [0, 0.1) is 13.8 Å². The van der Waals surface area contributed by atoms with Crippen molar-refractivity contribution in [2.24, 2.45) is 0 Å². The normalized spacial score (nSPS) is 10.8. The third kappa shape index (κ3) is 6.34. The van der Waals surface area contributed by atoms with E-state index in [0.29, 0.717) is 11.4 Å². The van der Waals surface area contributed by atoms with E-state index >= 15 is 0 Å². The van der Waals surface area contributed by atoms with Gasteiger partial charge in [-0.1, -0.05) is 60.7 Å². The Bertz CT molecular complexity index is 1430. The van der Waals surface area contributed by atoms with Crippen LogP contribution in [0.4, 0.5) is 11.4 Å². The van der Waals surface area contributed by atoms with Crippen LogP contribution in [0.2, 0.25) is 0 Å². The fourth-order valence-corrected chi connectivity index (χ4v) is 4.38. The summed E-state index contributed by atoms with van der Waals surface area (Å²) in [4.78, 5) is 0. The van der Waals surface area contributed by atoms with Gasteiger partial charge in [0.05, 0.1) is 0 Å². The molecule has 0 atom stereocenters. The Morgan fingerprint density at radius 1 is 0.474 bits per heavy atom. The maximum Gasteiger partial charge on any atom is 0.132 e. The molecule has 0 amide bonds. The Balaban J connectivity index is 1.21. The van der Waals surface area contributed by atoms with E-state index in [2.05, 4.69) is 48.5 Å². The zero-order valence-corrected chi connectivity index (χ0v) is 21.8. The van der Waals surface area contributed by atoms with Crippen molar-refractivity contribution in [2.45, 2.75) is 26.7 Å². The number of hydrogen-bond acceptors (Lipinski definition) is 4. The first kappa shape index (κ1) is 25.0. The molecule has 190 valence electrons. The molecule has 4 N–H and O–H groups in total. The van der Waals surface area contributed by atoms with Gasteiger partial charge in [-0.15, -0.1) is 0 Å². The Morgan fingerprint density at radius 2 is 0.895 bits per heavy atom. The van der Waals surface area contributed by atoms with Crippen LogP contribution in [-0.4, -0.2) is 0 Å². The molecule has 0 aliphatic carbocycles. The van der Waals surface area contributed by atoms with Gasteiger partial charge in [-0.05, 0) is 96.5 Å². The molecule has 4 nitrogen and oxygen atoms in total. The fourth-order valence-electron chi connectivity index (χ4n) is 4.38. The number of nitrogens with two attached hydrogens (primary N) is 2. The van der Waals surface area contributed by atoms with E-state index in [0.717, 1.165) is 47.0 Å². The number of hydrogen-bond donors (Lipinski definition) is 2. The number of nitrogen functional groups attached to an aromatic ring is 2. The molecule has 0 fully saturated rings. The van der Waals surface area contributed by atoms with Crippen LogP contribution in [0.25, 0.3) is 0 Å². The monoisotopic (exact) mass is 500 g/mol. The second-order valence-corrected chi connectivity index (χ2v) is 9.72. The van der Waals surface area contributed by atoms with Crippen molar-refractivity contribution in [2.75, 3.05) is 11.5 Å². The number of anilines is 2. The molecule has 0 unspecified atom stereocenters. The summed E-state index contributed by atoms with van der Waals surface area (Å²) >= 11 is 0. The third-order valence-corrected chi connectivity index (χ3v) is 6.53. The van der Waals surface area contributed by atoms with Crippen LogP contribution in [0.3, 0.4) is 0 Å². The predicted molar refractivity (Wildman–Crippen MR) is 156 cm³/mol. The molecule has 38 heavy (non-hydrogen) atoms. The first-order valence-corrected chi connectivity index (χ1v) is 12.7. The van der Waals surface area contributed by atoms with E-state index in [9.17, 15) is 0 Å². The predicted octanol–water partition coefficient (Wildman–Crippen LogP) is 8.23. The standard InChI is InChI=1S/C34H32N2O2/c1-23-6-12-29(35)21-33(23)37-31-14-8-25(9-15-31)18-27-4-3-5-28(20-27)19-26-10-16-32(17-11-26)38-34-22-30(36)13-7-24(34)2/h3-17,20-22H,18-19,35-36H2,1-2H3. The SMILES string of the molecule is Cc1ccc(N)cc1Oc1ccc(Cc2cccc(Cc3ccc(Oc4cc(N)ccc4C)cc3)c2)cc1. The Hall–Kier alpha value is -4.70. The van der Waals surface area contributed by atoms with Gasteiger partial charge in [0.1, 0.15) is 23.0 Å². The second-order valence-electron chi connectivity index (χ2n) is 9.72. The highest BCUT2D eigenvalue weighted by molar-refractivity contribution is 5.50. The van der Waals surface area contributed by atoms with Gasteiger partial charge in [-0.25, -0.2) is 0 Å². The van der Waals surface area contributed by atoms with Crippen LogP contribution in [-0.2, 0) is 12.8 Å². The molecule has 0 saturated heterocycles. The largest absolute Gasteiger partial charge is 0.457 e. The van der Waals surface area contributed by atoms with Crippen LogP contribution < -0.4 is 20.9 Å². The van der Waals surface area contributed by atoms with Crippen LogP contribution in [0.5, 0.6) is 23.0 Å². The zero-order valence-electron chi connectivity index (χ0n) is 21.8. The maximum absolute atomic E-state index is 6.04. The molecule has 0 aliphatic heterocycles. The molecular formula is C34H32N2O2. The van der Waals surface area contributed by atoms with Crippen LogP contribution >= 0.6 is 0 Å². The summed E-state index contributed by atoms with van der Waals surface area (Å²) in [5.41, 5.74) is 20.3. The van der Waals surface area contributed by atoms with E-state index in [1.165, 1.54) is 22.3 Å². The van der Waals surface area contributed by atoms with Gasteiger partial charge < -0.3 is 20.9 Å². The summed E-state index contributed by atoms with van der Waals surface area (Å²) in [6.45, 7) is 4.03. The number of ether oxygens (including phenoxy) is 2. The summed E-state index contributed by atoms with van der Waals surface area (Å²) in [6.07, 6.45) is 1.72. The molecule has 5 aromatic rings. The van der Waals surface area contributed by atoms with Gasteiger partial charge >= 0.3 is 0 Å². The van der Waals surface area contributed by atoms with Crippen molar-refractivity contribution in [3.8, 4) is 23.0 Å². The highest BCUT2D eigenvalue weighted by Crippen LogP contribution is 2.29. The third-order valence-electron chi connectivity index (χ3n) is 6.53. The van der Waals surface area contributed by atoms with E-state index in [1.807, 2.05) is 74.5 Å². The van der Waals surface area contributed by atoms with Crippen molar-refractivity contribution >= 4 is 11.4 Å². The molecule has 4 heteroatoms. The lowest BCUT2D eigenvalue weighted by atomic mass is 9.99. The lowest BCUT2D eigenvalue weighted by molar-refractivity contribution is 0.479. The minimum absolute atomic E-state index is 0.694.